The average Bonchev–Trinajstić information content (AvgIpc) is 2.69. The molecule has 0 aliphatic carbocycles. The van der Waals surface area contributed by atoms with Crippen molar-refractivity contribution in [3.05, 3.63) is 0 Å². The molecule has 0 unspecified atom stereocenters. The van der Waals surface area contributed by atoms with Crippen molar-refractivity contribution in [3.8, 4) is 0 Å². The number of hydrogen-bond donors (Lipinski definition) is 3. The zero-order valence-electron chi connectivity index (χ0n) is 16.2. The van der Waals surface area contributed by atoms with Crippen LogP contribution in [-0.4, -0.2) is 113 Å². The molecule has 0 saturated carbocycles. The zero-order valence-corrected chi connectivity index (χ0v) is 16.2. The van der Waals surface area contributed by atoms with E-state index in [9.17, 15) is 14.4 Å². The molecule has 0 spiro atoms. The molecule has 1 saturated heterocycles. The van der Waals surface area contributed by atoms with E-state index in [4.69, 9.17) is 0 Å². The second kappa shape index (κ2) is 13.4. The van der Waals surface area contributed by atoms with Crippen LogP contribution in [0.5, 0.6) is 0 Å². The quantitative estimate of drug-likeness (QED) is 0.352. The molecule has 3 N–H and O–H groups in total. The highest BCUT2D eigenvalue weighted by atomic mass is 16.6. The predicted molar refractivity (Wildman–Crippen MR) is 94.8 cm³/mol. The average molecular weight is 390 g/mol. The molecule has 156 valence electrons. The van der Waals surface area contributed by atoms with Crippen LogP contribution in [0.4, 0.5) is 0 Å². The molecule has 0 atom stereocenters. The molecule has 1 rings (SSSR count). The summed E-state index contributed by atoms with van der Waals surface area (Å²) < 4.78 is 0. The second-order valence-electron chi connectivity index (χ2n) is 6.02. The lowest BCUT2D eigenvalue weighted by atomic mass is 10.4. The summed E-state index contributed by atoms with van der Waals surface area (Å²) in [5.74, 6) is -0.780. The first-order chi connectivity index (χ1) is 13.0. The molecular formula is C15H30N6O6. The summed E-state index contributed by atoms with van der Waals surface area (Å²) in [5, 5.41) is 0. The predicted octanol–water partition coefficient (Wildman–Crippen LogP) is -3.06. The molecule has 12 nitrogen and oxygen atoms in total. The van der Waals surface area contributed by atoms with Crippen LogP contribution in [0.1, 0.15) is 0 Å². The third-order valence-corrected chi connectivity index (χ3v) is 3.95. The van der Waals surface area contributed by atoms with E-state index < -0.39 is 0 Å². The van der Waals surface area contributed by atoms with Crippen molar-refractivity contribution in [1.82, 2.24) is 31.1 Å². The van der Waals surface area contributed by atoms with Crippen LogP contribution < -0.4 is 16.4 Å². The Morgan fingerprint density at radius 1 is 0.593 bits per heavy atom. The first-order valence-electron chi connectivity index (χ1n) is 8.61. The van der Waals surface area contributed by atoms with Crippen LogP contribution in [0.3, 0.4) is 0 Å². The van der Waals surface area contributed by atoms with Gasteiger partial charge in [-0.15, -0.1) is 0 Å². The van der Waals surface area contributed by atoms with Gasteiger partial charge in [0.2, 0.25) is 0 Å². The highest BCUT2D eigenvalue weighted by Gasteiger charge is 2.21. The minimum Gasteiger partial charge on any atom is -0.292 e. The standard InChI is InChI=1S/C15H30N6O6/c1-25-16-13(22)10-19-4-6-20(11-14(23)17-26-2)8-9-21(7-5-19)12-15(24)18-27-3/h4-12H2,1-3H3,(H,16,22)(H,17,23)(H,18,24). The van der Waals surface area contributed by atoms with Gasteiger partial charge in [-0.2, -0.15) is 0 Å². The van der Waals surface area contributed by atoms with E-state index in [0.717, 1.165) is 0 Å². The summed E-state index contributed by atoms with van der Waals surface area (Å²) in [7, 11) is 4.13. The lowest BCUT2D eigenvalue weighted by Crippen LogP contribution is -2.44. The molecule has 1 aliphatic rings. The molecule has 0 aromatic heterocycles. The largest absolute Gasteiger partial charge is 0.292 e. The zero-order chi connectivity index (χ0) is 20.1. The third kappa shape index (κ3) is 10.2. The lowest BCUT2D eigenvalue weighted by Gasteiger charge is -2.24. The van der Waals surface area contributed by atoms with Crippen LogP contribution in [0, 0.1) is 0 Å². The van der Waals surface area contributed by atoms with E-state index in [1.807, 2.05) is 14.7 Å². The maximum Gasteiger partial charge on any atom is 0.257 e. The minimum absolute atomic E-state index is 0.157. The van der Waals surface area contributed by atoms with E-state index in [0.29, 0.717) is 39.3 Å². The van der Waals surface area contributed by atoms with Gasteiger partial charge in [0, 0.05) is 39.3 Å². The third-order valence-electron chi connectivity index (χ3n) is 3.95. The molecule has 0 aromatic carbocycles. The van der Waals surface area contributed by atoms with Crippen LogP contribution >= 0.6 is 0 Å². The molecule has 0 aromatic rings. The molecule has 27 heavy (non-hydrogen) atoms. The van der Waals surface area contributed by atoms with Crippen molar-refractivity contribution in [1.29, 1.82) is 0 Å². The van der Waals surface area contributed by atoms with Crippen LogP contribution in [0.25, 0.3) is 0 Å². The van der Waals surface area contributed by atoms with E-state index in [2.05, 4.69) is 31.0 Å². The smallest absolute Gasteiger partial charge is 0.257 e. The maximum absolute atomic E-state index is 11.8. The van der Waals surface area contributed by atoms with Gasteiger partial charge in [0.25, 0.3) is 17.7 Å². The number of nitrogens with one attached hydrogen (secondary N) is 3. The molecule has 1 heterocycles. The van der Waals surface area contributed by atoms with E-state index in [-0.39, 0.29) is 37.4 Å². The van der Waals surface area contributed by atoms with Gasteiger partial charge in [-0.3, -0.25) is 43.6 Å². The van der Waals surface area contributed by atoms with Gasteiger partial charge in [0.15, 0.2) is 0 Å². The Labute approximate surface area is 158 Å². The topological polar surface area (TPSA) is 125 Å². The summed E-state index contributed by atoms with van der Waals surface area (Å²) >= 11 is 0. The summed E-state index contributed by atoms with van der Waals surface area (Å²) in [6, 6.07) is 0. The Bertz CT molecular complexity index is 401. The van der Waals surface area contributed by atoms with Crippen LogP contribution in [0.2, 0.25) is 0 Å². The van der Waals surface area contributed by atoms with Gasteiger partial charge in [-0.05, 0) is 0 Å². The van der Waals surface area contributed by atoms with Gasteiger partial charge in [0.05, 0.1) is 41.0 Å². The fourth-order valence-corrected chi connectivity index (χ4v) is 2.71. The number of carbonyl (C=O) groups is 3. The Balaban J connectivity index is 2.72. The van der Waals surface area contributed by atoms with Crippen molar-refractivity contribution in [2.45, 2.75) is 0 Å². The Morgan fingerprint density at radius 3 is 1.00 bits per heavy atom. The molecule has 12 heteroatoms. The highest BCUT2D eigenvalue weighted by Crippen LogP contribution is 2.01. The number of nitrogens with zero attached hydrogens (tertiary/aromatic N) is 3. The van der Waals surface area contributed by atoms with Crippen LogP contribution in [-0.2, 0) is 28.9 Å². The van der Waals surface area contributed by atoms with E-state index in [1.165, 1.54) is 21.3 Å². The van der Waals surface area contributed by atoms with Gasteiger partial charge < -0.3 is 0 Å². The number of hydrogen-bond acceptors (Lipinski definition) is 9. The molecule has 0 radical (unpaired) electrons. The van der Waals surface area contributed by atoms with Crippen molar-refractivity contribution < 1.29 is 28.9 Å². The van der Waals surface area contributed by atoms with E-state index >= 15 is 0 Å². The van der Waals surface area contributed by atoms with Crippen LogP contribution in [0.15, 0.2) is 0 Å². The molecule has 3 amide bonds. The fraction of sp³-hybridized carbons (Fsp3) is 0.800. The summed E-state index contributed by atoms with van der Waals surface area (Å²) in [6.45, 7) is 4.03. The fourth-order valence-electron chi connectivity index (χ4n) is 2.71. The molecule has 1 fully saturated rings. The Hall–Kier alpha value is -1.83. The van der Waals surface area contributed by atoms with Gasteiger partial charge in [-0.1, -0.05) is 0 Å². The number of carbonyl (C=O) groups excluding carboxylic acids is 3. The summed E-state index contributed by atoms with van der Waals surface area (Å²) in [5.41, 5.74) is 6.89. The molecule has 0 bridgehead atoms. The lowest BCUT2D eigenvalue weighted by molar-refractivity contribution is -0.133. The van der Waals surface area contributed by atoms with Crippen molar-refractivity contribution in [2.75, 3.05) is 80.2 Å². The first-order valence-corrected chi connectivity index (χ1v) is 8.61. The van der Waals surface area contributed by atoms with Gasteiger partial charge >= 0.3 is 0 Å². The summed E-state index contributed by atoms with van der Waals surface area (Å²) in [6.07, 6.45) is 0. The van der Waals surface area contributed by atoms with Crippen molar-refractivity contribution in [2.24, 2.45) is 0 Å². The SMILES string of the molecule is CONC(=O)CN1CCN(CC(=O)NOC)CCN(CC(=O)NOC)CC1. The van der Waals surface area contributed by atoms with E-state index in [1.54, 1.807) is 0 Å². The number of hydroxylamine groups is 3. The van der Waals surface area contributed by atoms with Crippen molar-refractivity contribution in [3.63, 3.8) is 0 Å². The second-order valence-corrected chi connectivity index (χ2v) is 6.02. The van der Waals surface area contributed by atoms with Gasteiger partial charge in [0.1, 0.15) is 0 Å². The molecular weight excluding hydrogens is 360 g/mol. The normalized spacial score (nSPS) is 17.4. The van der Waals surface area contributed by atoms with Gasteiger partial charge in [-0.25, -0.2) is 16.4 Å². The minimum atomic E-state index is -0.260. The Morgan fingerprint density at radius 2 is 0.815 bits per heavy atom. The first kappa shape index (κ1) is 23.2. The maximum atomic E-state index is 11.8. The monoisotopic (exact) mass is 390 g/mol. The number of rotatable bonds is 9. The van der Waals surface area contributed by atoms with Crippen molar-refractivity contribution >= 4 is 17.7 Å². The summed E-state index contributed by atoms with van der Waals surface area (Å²) in [4.78, 5) is 55.2. The highest BCUT2D eigenvalue weighted by molar-refractivity contribution is 5.77. The molecule has 1 aliphatic heterocycles. The number of amides is 3. The Kier molecular flexibility index (Phi) is 11.5.